The minimum Gasteiger partial charge on any atom is -0.497 e. The molecule has 0 radical (unpaired) electrons. The van der Waals surface area contributed by atoms with E-state index in [1.807, 2.05) is 12.1 Å². The molecule has 7 nitrogen and oxygen atoms in total. The van der Waals surface area contributed by atoms with Crippen molar-refractivity contribution in [3.8, 4) is 17.2 Å². The third-order valence-corrected chi connectivity index (χ3v) is 7.06. The molecule has 0 aromatic heterocycles. The summed E-state index contributed by atoms with van der Waals surface area (Å²) in [6.07, 6.45) is 1.90. The first-order valence-electron chi connectivity index (χ1n) is 10.8. The Kier molecular flexibility index (Phi) is 5.86. The van der Waals surface area contributed by atoms with Crippen LogP contribution in [0.15, 0.2) is 59.5 Å². The Morgan fingerprint density at radius 2 is 1.85 bits per heavy atom. The average Bonchev–Trinajstić information content (AvgIpc) is 2.85. The van der Waals surface area contributed by atoms with Crippen molar-refractivity contribution in [2.45, 2.75) is 30.3 Å². The van der Waals surface area contributed by atoms with E-state index in [1.54, 1.807) is 26.4 Å². The van der Waals surface area contributed by atoms with Crippen LogP contribution in [0.4, 0.5) is 5.69 Å². The molecular weight excluding hydrogens is 440 g/mol. The number of nitro benzene ring substituents is 1. The van der Waals surface area contributed by atoms with Crippen molar-refractivity contribution in [2.75, 3.05) is 20.8 Å². The maximum atomic E-state index is 11.1. The molecule has 3 aromatic rings. The first-order chi connectivity index (χ1) is 16.1. The zero-order chi connectivity index (χ0) is 22.9. The van der Waals surface area contributed by atoms with Gasteiger partial charge in [0.15, 0.2) is 11.5 Å². The molecule has 0 amide bonds. The van der Waals surface area contributed by atoms with Gasteiger partial charge in [0.2, 0.25) is 0 Å². The summed E-state index contributed by atoms with van der Waals surface area (Å²) in [6, 6.07) is 17.2. The van der Waals surface area contributed by atoms with Crippen LogP contribution in [-0.4, -0.2) is 30.6 Å². The summed E-state index contributed by atoms with van der Waals surface area (Å²) in [6.45, 7) is 1.87. The quantitative estimate of drug-likeness (QED) is 0.276. The van der Waals surface area contributed by atoms with Crippen molar-refractivity contribution < 1.29 is 18.6 Å². The molecule has 1 unspecified atom stereocenters. The number of nitro groups is 1. The summed E-state index contributed by atoms with van der Waals surface area (Å²) in [4.78, 5) is 13.8. The predicted molar refractivity (Wildman–Crippen MR) is 126 cm³/mol. The van der Waals surface area contributed by atoms with Crippen molar-refractivity contribution in [3.63, 3.8) is 0 Å². The van der Waals surface area contributed by atoms with Gasteiger partial charge in [0.1, 0.15) is 5.75 Å². The monoisotopic (exact) mass is 464 g/mol. The minimum absolute atomic E-state index is 0.0358. The van der Waals surface area contributed by atoms with Gasteiger partial charge in [-0.3, -0.25) is 15.0 Å². The number of fused-ring (bicyclic) bond motifs is 4. The molecule has 33 heavy (non-hydrogen) atoms. The fourth-order valence-electron chi connectivity index (χ4n) is 4.67. The van der Waals surface area contributed by atoms with E-state index in [9.17, 15) is 10.1 Å². The van der Waals surface area contributed by atoms with Crippen molar-refractivity contribution in [3.05, 3.63) is 87.0 Å². The number of ether oxygens (including phenoxy) is 2. The molecule has 0 saturated heterocycles. The normalized spacial score (nSPS) is 16.8. The standard InChI is InChI=1S/C25H24N2O5S/c1-30-20-6-7-22-16(10-20)8-9-26-15-18-13-24(31-2)25(12-17(18)11-23(22)26)32-33-21-5-3-4-19(14-21)27(28)29/h3-7,10,12-14,23H,8-9,11,15H2,1-2H3. The molecule has 1 atom stereocenters. The number of rotatable bonds is 6. The lowest BCUT2D eigenvalue weighted by Crippen LogP contribution is -2.39. The van der Waals surface area contributed by atoms with E-state index in [1.165, 1.54) is 34.4 Å². The van der Waals surface area contributed by atoms with Gasteiger partial charge in [-0.1, -0.05) is 12.1 Å². The first-order valence-corrected chi connectivity index (χ1v) is 11.5. The van der Waals surface area contributed by atoms with Gasteiger partial charge in [0.05, 0.1) is 36.1 Å². The molecule has 3 aromatic carbocycles. The molecule has 2 aliphatic heterocycles. The Labute approximate surface area is 196 Å². The Hall–Kier alpha value is -3.23. The maximum Gasteiger partial charge on any atom is 0.270 e. The molecule has 8 heteroatoms. The topological polar surface area (TPSA) is 74.1 Å². The fourth-order valence-corrected chi connectivity index (χ4v) is 5.29. The SMILES string of the molecule is COc1ccc2c(c1)CCN1Cc3cc(OC)c(OSc4cccc([N+](=O)[O-])c4)cc3CC21. The van der Waals surface area contributed by atoms with E-state index in [0.717, 1.165) is 43.7 Å². The fraction of sp³-hybridized carbons (Fsp3) is 0.280. The molecule has 0 N–H and O–H groups in total. The molecule has 2 aliphatic rings. The lowest BCUT2D eigenvalue weighted by atomic mass is 9.84. The first kappa shape index (κ1) is 21.6. The molecular formula is C25H24N2O5S. The van der Waals surface area contributed by atoms with Crippen molar-refractivity contribution >= 4 is 17.7 Å². The number of non-ortho nitro benzene ring substituents is 1. The Bertz CT molecular complexity index is 1220. The van der Waals surface area contributed by atoms with Gasteiger partial charge in [0, 0.05) is 31.3 Å². The maximum absolute atomic E-state index is 11.1. The highest BCUT2D eigenvalue weighted by molar-refractivity contribution is 7.95. The van der Waals surface area contributed by atoms with Crippen LogP contribution < -0.4 is 13.7 Å². The molecule has 2 heterocycles. The Balaban J connectivity index is 1.41. The van der Waals surface area contributed by atoms with Crippen LogP contribution in [-0.2, 0) is 19.4 Å². The zero-order valence-electron chi connectivity index (χ0n) is 18.4. The summed E-state index contributed by atoms with van der Waals surface area (Å²) in [7, 11) is 3.33. The van der Waals surface area contributed by atoms with Gasteiger partial charge in [-0.05, 0) is 65.4 Å². The lowest BCUT2D eigenvalue weighted by Gasteiger charge is -2.41. The third-order valence-electron chi connectivity index (χ3n) is 6.35. The summed E-state index contributed by atoms with van der Waals surface area (Å²) in [5, 5.41) is 11.1. The van der Waals surface area contributed by atoms with Crippen molar-refractivity contribution in [2.24, 2.45) is 0 Å². The van der Waals surface area contributed by atoms with E-state index < -0.39 is 4.92 Å². The van der Waals surface area contributed by atoms with Crippen LogP contribution in [0.1, 0.15) is 28.3 Å². The van der Waals surface area contributed by atoms with E-state index in [4.69, 9.17) is 13.7 Å². The van der Waals surface area contributed by atoms with Gasteiger partial charge in [-0.25, -0.2) is 0 Å². The second kappa shape index (κ2) is 8.96. The highest BCUT2D eigenvalue weighted by Gasteiger charge is 2.33. The van der Waals surface area contributed by atoms with Crippen LogP contribution in [0, 0.1) is 10.1 Å². The molecule has 0 fully saturated rings. The number of benzene rings is 3. The van der Waals surface area contributed by atoms with Gasteiger partial charge >= 0.3 is 0 Å². The molecule has 5 rings (SSSR count). The molecule has 0 aliphatic carbocycles. The predicted octanol–water partition coefficient (Wildman–Crippen LogP) is 5.35. The van der Waals surface area contributed by atoms with Gasteiger partial charge < -0.3 is 13.7 Å². The van der Waals surface area contributed by atoms with Gasteiger partial charge in [-0.15, -0.1) is 0 Å². The smallest absolute Gasteiger partial charge is 0.270 e. The van der Waals surface area contributed by atoms with Crippen LogP contribution in [0.5, 0.6) is 17.2 Å². The average molecular weight is 465 g/mol. The Morgan fingerprint density at radius 3 is 2.64 bits per heavy atom. The zero-order valence-corrected chi connectivity index (χ0v) is 19.3. The third kappa shape index (κ3) is 4.24. The molecule has 170 valence electrons. The summed E-state index contributed by atoms with van der Waals surface area (Å²) in [5.74, 6) is 2.18. The van der Waals surface area contributed by atoms with Crippen molar-refractivity contribution in [1.82, 2.24) is 4.90 Å². The summed E-state index contributed by atoms with van der Waals surface area (Å²) >= 11 is 1.09. The highest BCUT2D eigenvalue weighted by Crippen LogP contribution is 2.43. The summed E-state index contributed by atoms with van der Waals surface area (Å²) < 4.78 is 17.0. The van der Waals surface area contributed by atoms with E-state index in [0.29, 0.717) is 22.4 Å². The highest BCUT2D eigenvalue weighted by atomic mass is 32.2. The van der Waals surface area contributed by atoms with Gasteiger partial charge in [-0.2, -0.15) is 0 Å². The van der Waals surface area contributed by atoms with E-state index in [-0.39, 0.29) is 5.69 Å². The van der Waals surface area contributed by atoms with Crippen LogP contribution >= 0.6 is 12.0 Å². The van der Waals surface area contributed by atoms with E-state index in [2.05, 4.69) is 23.1 Å². The van der Waals surface area contributed by atoms with Crippen LogP contribution in [0.3, 0.4) is 0 Å². The number of methoxy groups -OCH3 is 2. The number of hydrogen-bond acceptors (Lipinski definition) is 7. The minimum atomic E-state index is -0.410. The van der Waals surface area contributed by atoms with Crippen LogP contribution in [0.2, 0.25) is 0 Å². The van der Waals surface area contributed by atoms with E-state index >= 15 is 0 Å². The number of nitrogens with zero attached hydrogens (tertiary/aromatic N) is 2. The van der Waals surface area contributed by atoms with Crippen LogP contribution in [0.25, 0.3) is 0 Å². The van der Waals surface area contributed by atoms with Crippen molar-refractivity contribution in [1.29, 1.82) is 0 Å². The second-order valence-corrected chi connectivity index (χ2v) is 9.00. The molecule has 0 bridgehead atoms. The Morgan fingerprint density at radius 1 is 1.00 bits per heavy atom. The number of hydrogen-bond donors (Lipinski definition) is 0. The lowest BCUT2D eigenvalue weighted by molar-refractivity contribution is -0.385. The second-order valence-electron chi connectivity index (χ2n) is 8.20. The largest absolute Gasteiger partial charge is 0.497 e. The molecule has 0 saturated carbocycles. The van der Waals surface area contributed by atoms with Gasteiger partial charge in [0.25, 0.3) is 5.69 Å². The molecule has 0 spiro atoms. The summed E-state index contributed by atoms with van der Waals surface area (Å²) in [5.41, 5.74) is 5.22.